The molecule has 1 aromatic carbocycles. The van der Waals surface area contributed by atoms with E-state index in [9.17, 15) is 22.4 Å². The molecule has 0 bridgehead atoms. The third-order valence-electron chi connectivity index (χ3n) is 3.63. The molecule has 1 N–H and O–H groups in total. The zero-order chi connectivity index (χ0) is 15.6. The molecule has 0 atom stereocenters. The van der Waals surface area contributed by atoms with Gasteiger partial charge in [0.25, 0.3) is 5.91 Å². The van der Waals surface area contributed by atoms with Crippen LogP contribution in [-0.4, -0.2) is 35.6 Å². The summed E-state index contributed by atoms with van der Waals surface area (Å²) in [6.45, 7) is 0.726. The van der Waals surface area contributed by atoms with Crippen molar-refractivity contribution in [3.05, 3.63) is 35.1 Å². The molecular formula is C14H15F4NO2. The second-order valence-electron chi connectivity index (χ2n) is 5.14. The number of carbonyl (C=O) groups is 1. The van der Waals surface area contributed by atoms with Gasteiger partial charge in [0.05, 0.1) is 5.56 Å². The summed E-state index contributed by atoms with van der Waals surface area (Å²) < 4.78 is 51.2. The van der Waals surface area contributed by atoms with E-state index in [-0.39, 0.29) is 18.1 Å². The molecule has 0 saturated carbocycles. The molecule has 116 valence electrons. The Kier molecular flexibility index (Phi) is 4.51. The first-order valence-electron chi connectivity index (χ1n) is 6.59. The quantitative estimate of drug-likeness (QED) is 0.854. The summed E-state index contributed by atoms with van der Waals surface area (Å²) in [5.41, 5.74) is -1.47. The number of hydrogen-bond acceptors (Lipinski definition) is 2. The number of alkyl halides is 3. The van der Waals surface area contributed by atoms with Crippen molar-refractivity contribution in [3.63, 3.8) is 0 Å². The van der Waals surface area contributed by atoms with Crippen LogP contribution in [0.1, 0.15) is 28.8 Å². The number of rotatable bonds is 2. The summed E-state index contributed by atoms with van der Waals surface area (Å²) >= 11 is 0. The smallest absolute Gasteiger partial charge is 0.396 e. The van der Waals surface area contributed by atoms with Crippen molar-refractivity contribution in [2.24, 2.45) is 5.92 Å². The Morgan fingerprint density at radius 2 is 1.86 bits per heavy atom. The maximum absolute atomic E-state index is 13.3. The first kappa shape index (κ1) is 15.8. The van der Waals surface area contributed by atoms with Gasteiger partial charge in [0.15, 0.2) is 0 Å². The third-order valence-corrected chi connectivity index (χ3v) is 3.63. The minimum atomic E-state index is -4.69. The van der Waals surface area contributed by atoms with Gasteiger partial charge in [-0.15, -0.1) is 0 Å². The molecule has 7 heteroatoms. The monoisotopic (exact) mass is 305 g/mol. The van der Waals surface area contributed by atoms with Crippen LogP contribution in [0.4, 0.5) is 17.6 Å². The lowest BCUT2D eigenvalue weighted by atomic mass is 9.97. The van der Waals surface area contributed by atoms with E-state index in [1.54, 1.807) is 0 Å². The van der Waals surface area contributed by atoms with Crippen molar-refractivity contribution in [3.8, 4) is 0 Å². The molecule has 1 heterocycles. The van der Waals surface area contributed by atoms with E-state index in [2.05, 4.69) is 0 Å². The summed E-state index contributed by atoms with van der Waals surface area (Å²) in [6.07, 6.45) is -3.52. The van der Waals surface area contributed by atoms with Crippen LogP contribution in [0.15, 0.2) is 18.2 Å². The van der Waals surface area contributed by atoms with Gasteiger partial charge in [-0.2, -0.15) is 13.2 Å². The molecule has 3 nitrogen and oxygen atoms in total. The number of amides is 1. The molecule has 1 aliphatic heterocycles. The zero-order valence-corrected chi connectivity index (χ0v) is 11.2. The van der Waals surface area contributed by atoms with Gasteiger partial charge in [-0.05, 0) is 37.0 Å². The number of aliphatic hydroxyl groups is 1. The van der Waals surface area contributed by atoms with Gasteiger partial charge in [-0.3, -0.25) is 4.79 Å². The van der Waals surface area contributed by atoms with E-state index in [0.29, 0.717) is 38.1 Å². The molecule has 0 aromatic heterocycles. The SMILES string of the molecule is O=C(c1cc(F)cc(C(F)(F)F)c1)N1CCC(CO)CC1. The Labute approximate surface area is 119 Å². The molecule has 0 aliphatic carbocycles. The number of hydrogen-bond donors (Lipinski definition) is 1. The van der Waals surface area contributed by atoms with E-state index >= 15 is 0 Å². The molecule has 1 amide bonds. The molecule has 0 spiro atoms. The summed E-state index contributed by atoms with van der Waals surface area (Å²) in [7, 11) is 0. The number of nitrogens with zero attached hydrogens (tertiary/aromatic N) is 1. The molecule has 1 aliphatic rings. The lowest BCUT2D eigenvalue weighted by molar-refractivity contribution is -0.137. The maximum Gasteiger partial charge on any atom is 0.416 e. The van der Waals surface area contributed by atoms with E-state index in [1.807, 2.05) is 0 Å². The highest BCUT2D eigenvalue weighted by atomic mass is 19.4. The van der Waals surface area contributed by atoms with Crippen LogP contribution in [-0.2, 0) is 6.18 Å². The van der Waals surface area contributed by atoms with Gasteiger partial charge in [-0.25, -0.2) is 4.39 Å². The minimum absolute atomic E-state index is 0.0280. The fourth-order valence-corrected chi connectivity index (χ4v) is 2.38. The number of piperidine rings is 1. The number of aliphatic hydroxyl groups excluding tert-OH is 1. The van der Waals surface area contributed by atoms with Crippen LogP contribution in [0.2, 0.25) is 0 Å². The van der Waals surface area contributed by atoms with E-state index < -0.39 is 23.5 Å². The molecule has 21 heavy (non-hydrogen) atoms. The Morgan fingerprint density at radius 3 is 2.38 bits per heavy atom. The molecular weight excluding hydrogens is 290 g/mol. The summed E-state index contributed by atoms with van der Waals surface area (Å²) in [6, 6.07) is 1.86. The van der Waals surface area contributed by atoms with Crippen LogP contribution >= 0.6 is 0 Å². The first-order valence-corrected chi connectivity index (χ1v) is 6.59. The second-order valence-corrected chi connectivity index (χ2v) is 5.14. The Morgan fingerprint density at radius 1 is 1.24 bits per heavy atom. The van der Waals surface area contributed by atoms with Gasteiger partial charge in [0.1, 0.15) is 5.82 Å². The van der Waals surface area contributed by atoms with Crippen molar-refractivity contribution < 1.29 is 27.5 Å². The van der Waals surface area contributed by atoms with Gasteiger partial charge in [0.2, 0.25) is 0 Å². The van der Waals surface area contributed by atoms with Crippen molar-refractivity contribution in [2.75, 3.05) is 19.7 Å². The van der Waals surface area contributed by atoms with Crippen molar-refractivity contribution in [1.29, 1.82) is 0 Å². The van der Waals surface area contributed by atoms with Gasteiger partial charge in [0, 0.05) is 25.3 Å². The summed E-state index contributed by atoms with van der Waals surface area (Å²) in [5, 5.41) is 9.02. The fraction of sp³-hybridized carbons (Fsp3) is 0.500. The Bertz CT molecular complexity index is 522. The topological polar surface area (TPSA) is 40.5 Å². The van der Waals surface area contributed by atoms with Crippen LogP contribution in [0, 0.1) is 11.7 Å². The Balaban J connectivity index is 2.18. The zero-order valence-electron chi connectivity index (χ0n) is 11.2. The highest BCUT2D eigenvalue weighted by molar-refractivity contribution is 5.94. The van der Waals surface area contributed by atoms with Crippen LogP contribution in [0.3, 0.4) is 0 Å². The molecule has 0 unspecified atom stereocenters. The molecule has 2 rings (SSSR count). The van der Waals surface area contributed by atoms with Gasteiger partial charge < -0.3 is 10.0 Å². The predicted octanol–water partition coefficient (Wildman–Crippen LogP) is 2.69. The van der Waals surface area contributed by atoms with Crippen molar-refractivity contribution in [1.82, 2.24) is 4.90 Å². The minimum Gasteiger partial charge on any atom is -0.396 e. The number of carbonyl (C=O) groups excluding carboxylic acids is 1. The van der Waals surface area contributed by atoms with Gasteiger partial charge >= 0.3 is 6.18 Å². The average molecular weight is 305 g/mol. The van der Waals surface area contributed by atoms with E-state index in [4.69, 9.17) is 5.11 Å². The number of benzene rings is 1. The summed E-state index contributed by atoms with van der Waals surface area (Å²) in [5.74, 6) is -1.60. The maximum atomic E-state index is 13.3. The summed E-state index contributed by atoms with van der Waals surface area (Å²) in [4.78, 5) is 13.5. The standard InChI is InChI=1S/C14H15F4NO2/c15-12-6-10(5-11(7-12)14(16,17)18)13(21)19-3-1-9(8-20)2-4-19/h5-7,9,20H,1-4,8H2. The van der Waals surface area contributed by atoms with E-state index in [0.717, 1.165) is 6.07 Å². The molecule has 1 saturated heterocycles. The fourth-order valence-electron chi connectivity index (χ4n) is 2.38. The average Bonchev–Trinajstić information content (AvgIpc) is 2.45. The second kappa shape index (κ2) is 6.01. The number of likely N-dealkylation sites (tertiary alicyclic amines) is 1. The lowest BCUT2D eigenvalue weighted by Crippen LogP contribution is -2.39. The normalized spacial score (nSPS) is 17.1. The van der Waals surface area contributed by atoms with Gasteiger partial charge in [-0.1, -0.05) is 0 Å². The largest absolute Gasteiger partial charge is 0.416 e. The molecule has 1 fully saturated rings. The lowest BCUT2D eigenvalue weighted by Gasteiger charge is -2.31. The highest BCUT2D eigenvalue weighted by Gasteiger charge is 2.32. The predicted molar refractivity (Wildman–Crippen MR) is 67.1 cm³/mol. The third kappa shape index (κ3) is 3.72. The first-order chi connectivity index (χ1) is 9.81. The van der Waals surface area contributed by atoms with Crippen LogP contribution in [0.25, 0.3) is 0 Å². The van der Waals surface area contributed by atoms with Crippen molar-refractivity contribution >= 4 is 5.91 Å². The highest BCUT2D eigenvalue weighted by Crippen LogP contribution is 2.31. The van der Waals surface area contributed by atoms with Crippen molar-refractivity contribution in [2.45, 2.75) is 19.0 Å². The van der Waals surface area contributed by atoms with E-state index in [1.165, 1.54) is 4.90 Å². The number of halogens is 4. The van der Waals surface area contributed by atoms with Crippen LogP contribution < -0.4 is 0 Å². The molecule has 1 aromatic rings. The van der Waals surface area contributed by atoms with Crippen LogP contribution in [0.5, 0.6) is 0 Å². The molecule has 0 radical (unpaired) electrons. The Hall–Kier alpha value is -1.63.